The number of nitrogens with one attached hydrogen (secondary N) is 3. The number of fused-ring (bicyclic) bond motifs is 2. The second-order valence-electron chi connectivity index (χ2n) is 16.4. The number of halogens is 3. The highest BCUT2D eigenvalue weighted by atomic mass is 35.5. The van der Waals surface area contributed by atoms with Gasteiger partial charge in [-0.25, -0.2) is 23.1 Å². The Morgan fingerprint density at radius 3 is 1.97 bits per heavy atom. The number of rotatable bonds is 31. The number of aliphatic imine (C=N–C) groups is 1. The molecule has 0 spiro atoms. The molecule has 1 atom stereocenters. The van der Waals surface area contributed by atoms with E-state index in [4.69, 9.17) is 79.4 Å². The van der Waals surface area contributed by atoms with Gasteiger partial charge in [-0.3, -0.25) is 9.59 Å². The zero-order valence-electron chi connectivity index (χ0n) is 40.3. The molecule has 73 heavy (non-hydrogen) atoms. The van der Waals surface area contributed by atoms with Gasteiger partial charge in [-0.1, -0.05) is 59.1 Å². The molecule has 1 aliphatic rings. The number of nitrogens with two attached hydrogens (primary N) is 2. The summed E-state index contributed by atoms with van der Waals surface area (Å²) in [4.78, 5) is 39.4. The van der Waals surface area contributed by atoms with Crippen molar-refractivity contribution >= 4 is 79.5 Å². The number of carbonyl (C=O) groups excluding carboxylic acids is 2. The van der Waals surface area contributed by atoms with E-state index in [9.17, 15) is 18.0 Å². The van der Waals surface area contributed by atoms with Crippen molar-refractivity contribution in [1.82, 2.24) is 30.2 Å². The molecule has 2 heterocycles. The van der Waals surface area contributed by atoms with Crippen molar-refractivity contribution in [3.8, 4) is 17.0 Å². The van der Waals surface area contributed by atoms with E-state index in [2.05, 4.69) is 35.2 Å². The molecular weight excluding hydrogens is 1030 g/mol. The summed E-state index contributed by atoms with van der Waals surface area (Å²) in [5, 5.41) is 7.76. The lowest BCUT2D eigenvalue weighted by Gasteiger charge is -2.33. The number of likely N-dealkylation sites (N-methyl/N-ethyl adjacent to an activating group) is 1. The van der Waals surface area contributed by atoms with Crippen LogP contribution in [0.2, 0.25) is 15.1 Å². The fourth-order valence-electron chi connectivity index (χ4n) is 7.49. The summed E-state index contributed by atoms with van der Waals surface area (Å²) < 4.78 is 67.0. The number of sulfonamides is 1. The van der Waals surface area contributed by atoms with E-state index in [0.29, 0.717) is 84.8 Å². The molecule has 7 N–H and O–H groups in total. The maximum absolute atomic E-state index is 12.9. The number of carbonyl (C=O) groups is 2. The minimum Gasteiger partial charge on any atom is -0.491 e. The average molecular weight is 1090 g/mol. The third kappa shape index (κ3) is 18.9. The monoisotopic (exact) mass is 1090 g/mol. The summed E-state index contributed by atoms with van der Waals surface area (Å²) in [6.45, 7) is 4.59. The van der Waals surface area contributed by atoms with Crippen molar-refractivity contribution in [2.45, 2.75) is 17.4 Å². The highest BCUT2D eigenvalue weighted by Gasteiger charge is 2.27. The minimum absolute atomic E-state index is 0.00186. The van der Waals surface area contributed by atoms with Crippen LogP contribution in [-0.4, -0.2) is 160 Å². The largest absolute Gasteiger partial charge is 0.491 e. The Kier molecular flexibility index (Phi) is 23.1. The quantitative estimate of drug-likeness (QED) is 0.0234. The second kappa shape index (κ2) is 29.6. The van der Waals surface area contributed by atoms with Crippen molar-refractivity contribution in [1.29, 1.82) is 0 Å². The van der Waals surface area contributed by atoms with E-state index in [1.54, 1.807) is 36.4 Å². The molecule has 4 aromatic carbocycles. The van der Waals surface area contributed by atoms with Gasteiger partial charge >= 0.3 is 0 Å². The van der Waals surface area contributed by atoms with E-state index >= 15 is 0 Å². The van der Waals surface area contributed by atoms with Gasteiger partial charge < -0.3 is 60.2 Å². The number of aromatic nitrogens is 2. The van der Waals surface area contributed by atoms with Gasteiger partial charge in [-0.05, 0) is 78.3 Å². The summed E-state index contributed by atoms with van der Waals surface area (Å²) in [7, 11) is -1.72. The molecule has 24 heteroatoms. The summed E-state index contributed by atoms with van der Waals surface area (Å²) in [6, 6.07) is 23.2. The zero-order chi connectivity index (χ0) is 52.0. The predicted octanol–water partition coefficient (Wildman–Crippen LogP) is 4.43. The minimum atomic E-state index is -3.74. The van der Waals surface area contributed by atoms with Crippen molar-refractivity contribution in [3.05, 3.63) is 111 Å². The predicted molar refractivity (Wildman–Crippen MR) is 278 cm³/mol. The number of ether oxygens (including phenoxy) is 7. The molecule has 0 bridgehead atoms. The smallest absolute Gasteiger partial charge is 0.253 e. The number of amides is 2. The molecule has 0 saturated carbocycles. The van der Waals surface area contributed by atoms with Crippen LogP contribution in [0.5, 0.6) is 5.75 Å². The van der Waals surface area contributed by atoms with Crippen LogP contribution in [0.15, 0.2) is 88.8 Å². The summed E-state index contributed by atoms with van der Waals surface area (Å²) >= 11 is 19.1. The average Bonchev–Trinajstić information content (AvgIpc) is 3.35. The Morgan fingerprint density at radius 1 is 0.712 bits per heavy atom. The van der Waals surface area contributed by atoms with Gasteiger partial charge in [0, 0.05) is 64.7 Å². The first-order valence-corrected chi connectivity index (χ1v) is 25.9. The second-order valence-corrected chi connectivity index (χ2v) is 19.4. The topological polar surface area (TPSA) is 262 Å². The van der Waals surface area contributed by atoms with E-state index in [-0.39, 0.29) is 93.8 Å². The maximum Gasteiger partial charge on any atom is 0.253 e. The normalized spacial score (nSPS) is 13.7. The highest BCUT2D eigenvalue weighted by Crippen LogP contribution is 2.39. The van der Waals surface area contributed by atoms with Gasteiger partial charge in [0.1, 0.15) is 25.6 Å². The number of hydrogen-bond donors (Lipinski definition) is 5. The van der Waals surface area contributed by atoms with Gasteiger partial charge in [-0.15, -0.1) is 0 Å². The lowest BCUT2D eigenvalue weighted by atomic mass is 9.85. The lowest BCUT2D eigenvalue weighted by Crippen LogP contribution is -2.34. The first kappa shape index (κ1) is 57.0. The molecule has 6 rings (SSSR count). The highest BCUT2D eigenvalue weighted by molar-refractivity contribution is 7.89. The van der Waals surface area contributed by atoms with Crippen LogP contribution in [-0.2, 0) is 54.6 Å². The van der Waals surface area contributed by atoms with Crippen molar-refractivity contribution < 1.29 is 51.2 Å². The molecule has 0 radical (unpaired) electrons. The Hall–Kier alpha value is -5.27. The summed E-state index contributed by atoms with van der Waals surface area (Å²) in [5.41, 5.74) is 16.1. The first-order valence-electron chi connectivity index (χ1n) is 23.3. The van der Waals surface area contributed by atoms with E-state index in [1.807, 2.05) is 49.5 Å². The van der Waals surface area contributed by atoms with Crippen LogP contribution >= 0.6 is 34.8 Å². The third-order valence-corrected chi connectivity index (χ3v) is 13.1. The molecule has 0 saturated heterocycles. The first-order chi connectivity index (χ1) is 35.3. The van der Waals surface area contributed by atoms with Crippen LogP contribution in [0, 0.1) is 0 Å². The Labute approximate surface area is 439 Å². The van der Waals surface area contributed by atoms with Crippen LogP contribution in [0.25, 0.3) is 22.2 Å². The number of hydrogen-bond acceptors (Lipinski definition) is 15. The summed E-state index contributed by atoms with van der Waals surface area (Å²) in [6.07, 6.45) is 0. The van der Waals surface area contributed by atoms with Crippen LogP contribution in [0.3, 0.4) is 0 Å². The zero-order valence-corrected chi connectivity index (χ0v) is 43.4. The molecule has 0 unspecified atom stereocenters. The Morgan fingerprint density at radius 2 is 1.33 bits per heavy atom. The van der Waals surface area contributed by atoms with Crippen LogP contribution in [0.4, 0.5) is 5.95 Å². The van der Waals surface area contributed by atoms with Gasteiger partial charge in [0.05, 0.1) is 82.2 Å². The lowest BCUT2D eigenvalue weighted by molar-refractivity contribution is -0.131. The van der Waals surface area contributed by atoms with Gasteiger partial charge in [-0.2, -0.15) is 4.99 Å². The standard InChI is InChI=1S/C49H60Cl3N9O11S/c1-61-29-41(39-27-36(51)28-43(52)42(39)30-61)33-5-8-38(9-6-33)73(64,65)57-13-16-68-19-21-69-20-17-66-14-11-55-45(62)31-71-32-46(63)56-12-15-67-18-22-70-23-24-72-37-4-2-3-34(25-37)47-40-26-35(50)7-10-44(40)58-49(59-47)60-48(53)54/h2-10,25-28,41,57H,11-24,29-32H2,1H3,(H,55,62)(H,56,63)(H4,53,54,58,59,60)/t41-/m0/s1. The van der Waals surface area contributed by atoms with Crippen LogP contribution < -0.4 is 31.6 Å². The van der Waals surface area contributed by atoms with Crippen molar-refractivity contribution in [2.75, 3.05) is 119 Å². The van der Waals surface area contributed by atoms with Crippen LogP contribution in [0.1, 0.15) is 22.6 Å². The van der Waals surface area contributed by atoms with E-state index in [0.717, 1.165) is 34.2 Å². The maximum atomic E-state index is 12.9. The number of benzene rings is 4. The number of guanidine groups is 1. The fraction of sp³-hybridized carbons (Fsp3) is 0.408. The fourth-order valence-corrected chi connectivity index (χ4v) is 9.25. The van der Waals surface area contributed by atoms with E-state index in [1.165, 1.54) is 0 Å². The van der Waals surface area contributed by atoms with Gasteiger partial charge in [0.2, 0.25) is 21.8 Å². The van der Waals surface area contributed by atoms with E-state index < -0.39 is 10.0 Å². The molecule has 2 amide bonds. The molecule has 394 valence electrons. The Bertz CT molecular complexity index is 2740. The molecular formula is C49H60Cl3N9O11S. The van der Waals surface area contributed by atoms with Crippen molar-refractivity contribution in [3.63, 3.8) is 0 Å². The number of nitrogens with zero attached hydrogens (tertiary/aromatic N) is 4. The SMILES string of the molecule is CN1Cc2c(Cl)cc(Cl)cc2[C@H](c2ccc(S(=O)(=O)NCCOCCOCCOCCNC(=O)COCC(=O)NCCOCCOCCOc3cccc(-c4nc(N=C(N)N)nc5ccc(Cl)cc45)c3)cc2)C1. The van der Waals surface area contributed by atoms with Gasteiger partial charge in [0.25, 0.3) is 5.95 Å². The molecule has 1 aromatic heterocycles. The molecule has 0 aliphatic carbocycles. The molecule has 1 aliphatic heterocycles. The Balaban J connectivity index is 0.703. The molecule has 5 aromatic rings. The molecule has 0 fully saturated rings. The third-order valence-electron chi connectivity index (χ3n) is 10.8. The summed E-state index contributed by atoms with van der Waals surface area (Å²) in [5.74, 6) is -0.202. The molecule has 20 nitrogen and oxygen atoms in total. The van der Waals surface area contributed by atoms with Crippen molar-refractivity contribution in [2.24, 2.45) is 16.5 Å². The van der Waals surface area contributed by atoms with Gasteiger partial charge in [0.15, 0.2) is 5.96 Å².